The normalized spacial score (nSPS) is 10.4. The van der Waals surface area contributed by atoms with Crippen molar-refractivity contribution in [1.29, 1.82) is 0 Å². The Labute approximate surface area is 94.7 Å². The molecule has 1 aromatic carbocycles. The van der Waals surface area contributed by atoms with Gasteiger partial charge in [-0.15, -0.1) is 0 Å². The monoisotopic (exact) mass is 239 g/mol. The Hall–Kier alpha value is -1.69. The van der Waals surface area contributed by atoms with Gasteiger partial charge in [-0.2, -0.15) is 0 Å². The lowest BCUT2D eigenvalue weighted by atomic mass is 10.3. The summed E-state index contributed by atoms with van der Waals surface area (Å²) in [6.45, 7) is 0. The number of hydrogen-bond donors (Lipinski definition) is 1. The van der Waals surface area contributed by atoms with Crippen LogP contribution in [-0.2, 0) is 0 Å². The fourth-order valence-electron chi connectivity index (χ4n) is 1.06. The minimum atomic E-state index is -0.516. The topological polar surface area (TPSA) is 51.8 Å². The minimum Gasteiger partial charge on any atom is -0.384 e. The summed E-state index contributed by atoms with van der Waals surface area (Å²) in [4.78, 5) is 7.90. The Morgan fingerprint density at radius 1 is 1.19 bits per heavy atom. The van der Waals surface area contributed by atoms with Crippen molar-refractivity contribution in [2.45, 2.75) is 10.1 Å². The van der Waals surface area contributed by atoms with E-state index in [4.69, 9.17) is 5.73 Å². The lowest BCUT2D eigenvalue weighted by Gasteiger charge is -2.02. The predicted octanol–water partition coefficient (Wildman–Crippen LogP) is 2.49. The van der Waals surface area contributed by atoms with Crippen molar-refractivity contribution in [2.75, 3.05) is 5.73 Å². The fraction of sp³-hybridized carbons (Fsp3) is 0. The van der Waals surface area contributed by atoms with Crippen LogP contribution in [0.3, 0.4) is 0 Å². The first-order chi connectivity index (χ1) is 7.65. The highest BCUT2D eigenvalue weighted by Crippen LogP contribution is 2.27. The number of nitrogen functional groups attached to an aromatic ring is 1. The zero-order chi connectivity index (χ0) is 11.5. The highest BCUT2D eigenvalue weighted by atomic mass is 32.2. The highest BCUT2D eigenvalue weighted by molar-refractivity contribution is 7.99. The van der Waals surface area contributed by atoms with Crippen molar-refractivity contribution in [3.05, 3.63) is 42.1 Å². The second-order valence-electron chi connectivity index (χ2n) is 2.94. The largest absolute Gasteiger partial charge is 0.384 e. The van der Waals surface area contributed by atoms with Crippen molar-refractivity contribution < 1.29 is 8.78 Å². The molecule has 2 aromatic rings. The quantitative estimate of drug-likeness (QED) is 0.818. The maximum absolute atomic E-state index is 13.3. The van der Waals surface area contributed by atoms with E-state index in [9.17, 15) is 8.78 Å². The number of halogens is 2. The van der Waals surface area contributed by atoms with Gasteiger partial charge in [0.1, 0.15) is 17.5 Å². The van der Waals surface area contributed by atoms with Crippen molar-refractivity contribution in [3.8, 4) is 0 Å². The van der Waals surface area contributed by atoms with E-state index in [1.54, 1.807) is 0 Å². The van der Waals surface area contributed by atoms with Crippen molar-refractivity contribution in [1.82, 2.24) is 9.97 Å². The van der Waals surface area contributed by atoms with Crippen molar-refractivity contribution in [2.24, 2.45) is 0 Å². The summed E-state index contributed by atoms with van der Waals surface area (Å²) >= 11 is 0.925. The van der Waals surface area contributed by atoms with E-state index in [0.29, 0.717) is 0 Å². The summed E-state index contributed by atoms with van der Waals surface area (Å²) in [5.74, 6) is -0.737. The van der Waals surface area contributed by atoms with Crippen LogP contribution in [0.1, 0.15) is 0 Å². The van der Waals surface area contributed by atoms with E-state index in [2.05, 4.69) is 9.97 Å². The summed E-state index contributed by atoms with van der Waals surface area (Å²) in [6.07, 6.45) is 1.46. The molecular formula is C10H7F2N3S. The first kappa shape index (κ1) is 10.8. The molecule has 0 radical (unpaired) electrons. The molecule has 0 aliphatic rings. The van der Waals surface area contributed by atoms with Gasteiger partial charge in [-0.3, -0.25) is 0 Å². The van der Waals surface area contributed by atoms with Gasteiger partial charge in [-0.1, -0.05) is 0 Å². The molecule has 0 unspecified atom stereocenters. The molecule has 1 heterocycles. The van der Waals surface area contributed by atoms with Gasteiger partial charge in [0.2, 0.25) is 0 Å². The van der Waals surface area contributed by atoms with Crippen LogP contribution < -0.4 is 5.73 Å². The third kappa shape index (κ3) is 2.46. The van der Waals surface area contributed by atoms with E-state index >= 15 is 0 Å². The van der Waals surface area contributed by atoms with Crippen LogP contribution >= 0.6 is 11.8 Å². The van der Waals surface area contributed by atoms with Crippen LogP contribution in [0.25, 0.3) is 0 Å². The maximum Gasteiger partial charge on any atom is 0.194 e. The summed E-state index contributed by atoms with van der Waals surface area (Å²) in [5.41, 5.74) is 5.45. The number of aromatic nitrogens is 2. The molecule has 0 spiro atoms. The van der Waals surface area contributed by atoms with E-state index in [-0.39, 0.29) is 15.9 Å². The van der Waals surface area contributed by atoms with Gasteiger partial charge >= 0.3 is 0 Å². The molecule has 2 rings (SSSR count). The van der Waals surface area contributed by atoms with Gasteiger partial charge in [-0.05, 0) is 36.0 Å². The maximum atomic E-state index is 13.3. The second-order valence-corrected chi connectivity index (χ2v) is 3.95. The average molecular weight is 239 g/mol. The number of nitrogens with two attached hydrogens (primary N) is 1. The summed E-state index contributed by atoms with van der Waals surface area (Å²) < 4.78 is 26.2. The Balaban J connectivity index is 2.30. The zero-order valence-corrected chi connectivity index (χ0v) is 8.84. The molecule has 3 nitrogen and oxygen atoms in total. The van der Waals surface area contributed by atoms with Crippen LogP contribution in [0, 0.1) is 11.6 Å². The van der Waals surface area contributed by atoms with Crippen molar-refractivity contribution >= 4 is 17.6 Å². The molecule has 0 amide bonds. The molecule has 0 saturated heterocycles. The van der Waals surface area contributed by atoms with E-state index in [1.807, 2.05) is 0 Å². The number of anilines is 1. The first-order valence-corrected chi connectivity index (χ1v) is 5.18. The smallest absolute Gasteiger partial charge is 0.194 e. The van der Waals surface area contributed by atoms with Crippen LogP contribution in [0.15, 0.2) is 40.5 Å². The van der Waals surface area contributed by atoms with Crippen LogP contribution in [-0.4, -0.2) is 9.97 Å². The number of hydrogen-bond acceptors (Lipinski definition) is 4. The third-order valence-corrected chi connectivity index (χ3v) is 2.66. The molecule has 0 fully saturated rings. The molecule has 82 valence electrons. The van der Waals surface area contributed by atoms with E-state index in [1.165, 1.54) is 12.3 Å². The van der Waals surface area contributed by atoms with Gasteiger partial charge in [-0.25, -0.2) is 18.7 Å². The molecule has 0 bridgehead atoms. The standard InChI is InChI=1S/C10H7F2N3S/c11-6-1-2-7(12)8(5-6)16-10-14-4-3-9(13)15-10/h1-5H,(H2,13,14,15). The van der Waals surface area contributed by atoms with Gasteiger partial charge in [0, 0.05) is 6.20 Å². The Morgan fingerprint density at radius 2 is 2.00 bits per heavy atom. The molecule has 0 saturated carbocycles. The predicted molar refractivity (Wildman–Crippen MR) is 56.9 cm³/mol. The van der Waals surface area contributed by atoms with Gasteiger partial charge < -0.3 is 5.73 Å². The van der Waals surface area contributed by atoms with E-state index in [0.717, 1.165) is 30.0 Å². The molecular weight excluding hydrogens is 232 g/mol. The molecule has 16 heavy (non-hydrogen) atoms. The van der Waals surface area contributed by atoms with Gasteiger partial charge in [0.05, 0.1) is 4.90 Å². The molecule has 1 aromatic heterocycles. The minimum absolute atomic E-state index is 0.130. The second kappa shape index (κ2) is 4.44. The first-order valence-electron chi connectivity index (χ1n) is 4.36. The van der Waals surface area contributed by atoms with Crippen LogP contribution in [0.2, 0.25) is 0 Å². The molecule has 6 heteroatoms. The number of rotatable bonds is 2. The van der Waals surface area contributed by atoms with Crippen LogP contribution in [0.4, 0.5) is 14.6 Å². The summed E-state index contributed by atoms with van der Waals surface area (Å²) in [7, 11) is 0. The molecule has 0 aliphatic carbocycles. The number of benzene rings is 1. The SMILES string of the molecule is Nc1ccnc(Sc2cc(F)ccc2F)n1. The Bertz CT molecular complexity index is 519. The average Bonchev–Trinajstić information content (AvgIpc) is 2.24. The molecule has 2 N–H and O–H groups in total. The van der Waals surface area contributed by atoms with Gasteiger partial charge in [0.25, 0.3) is 0 Å². The number of nitrogens with zero attached hydrogens (tertiary/aromatic N) is 2. The van der Waals surface area contributed by atoms with Crippen LogP contribution in [0.5, 0.6) is 0 Å². The zero-order valence-electron chi connectivity index (χ0n) is 8.02. The molecule has 0 atom stereocenters. The molecule has 0 aliphatic heterocycles. The van der Waals surface area contributed by atoms with E-state index < -0.39 is 11.6 Å². The van der Waals surface area contributed by atoms with Crippen molar-refractivity contribution in [3.63, 3.8) is 0 Å². The lowest BCUT2D eigenvalue weighted by molar-refractivity contribution is 0.577. The summed E-state index contributed by atoms with van der Waals surface area (Å²) in [5, 5.41) is 0.282. The Morgan fingerprint density at radius 3 is 2.75 bits per heavy atom. The lowest BCUT2D eigenvalue weighted by Crippen LogP contribution is -1.93. The highest BCUT2D eigenvalue weighted by Gasteiger charge is 2.07. The Kier molecular flexibility index (Phi) is 3.00. The fourth-order valence-corrected chi connectivity index (χ4v) is 1.86. The summed E-state index contributed by atoms with van der Waals surface area (Å²) in [6, 6.07) is 4.72. The van der Waals surface area contributed by atoms with Gasteiger partial charge in [0.15, 0.2) is 5.16 Å². The third-order valence-electron chi connectivity index (χ3n) is 1.75.